The molecule has 6 nitrogen and oxygen atoms in total. The number of rotatable bonds is 3. The molecule has 1 atom stereocenters. The van der Waals surface area contributed by atoms with Gasteiger partial charge in [0.25, 0.3) is 0 Å². The second-order valence-electron chi connectivity index (χ2n) is 5.07. The number of anilines is 1. The van der Waals surface area contributed by atoms with Gasteiger partial charge >= 0.3 is 6.01 Å². The van der Waals surface area contributed by atoms with Crippen LogP contribution >= 0.6 is 0 Å². The van der Waals surface area contributed by atoms with E-state index in [1.54, 1.807) is 12.4 Å². The van der Waals surface area contributed by atoms with Gasteiger partial charge in [0, 0.05) is 18.9 Å². The number of halogens is 1. The highest BCUT2D eigenvalue weighted by molar-refractivity contribution is 5.29. The lowest BCUT2D eigenvalue weighted by Gasteiger charge is -2.32. The third-order valence-electron chi connectivity index (χ3n) is 3.30. The summed E-state index contributed by atoms with van der Waals surface area (Å²) in [7, 11) is 0. The fourth-order valence-corrected chi connectivity index (χ4v) is 2.28. The van der Waals surface area contributed by atoms with E-state index in [1.165, 1.54) is 12.4 Å². The van der Waals surface area contributed by atoms with Crippen molar-refractivity contribution in [3.63, 3.8) is 0 Å². The zero-order valence-corrected chi connectivity index (χ0v) is 11.7. The lowest BCUT2D eigenvalue weighted by Crippen LogP contribution is -2.42. The summed E-state index contributed by atoms with van der Waals surface area (Å²) in [5.41, 5.74) is 0.993. The second kappa shape index (κ2) is 5.99. The molecule has 0 amide bonds. The predicted molar refractivity (Wildman–Crippen MR) is 74.6 cm³/mol. The second-order valence-corrected chi connectivity index (χ2v) is 5.07. The SMILES string of the molecule is Cc1cnc(OC2CCCN(c3ncc(F)cn3)C2)nc1. The molecule has 0 saturated carbocycles. The zero-order valence-electron chi connectivity index (χ0n) is 11.7. The number of ether oxygens (including phenoxy) is 1. The predicted octanol–water partition coefficient (Wildman–Crippen LogP) is 1.76. The Kier molecular flexibility index (Phi) is 3.89. The van der Waals surface area contributed by atoms with Gasteiger partial charge in [0.05, 0.1) is 18.9 Å². The standard InChI is InChI=1S/C14H16FN5O/c1-10-5-18-14(19-6-10)21-12-3-2-4-20(9-12)13-16-7-11(15)8-17-13/h5-8,12H,2-4,9H2,1H3. The first kappa shape index (κ1) is 13.7. The maximum absolute atomic E-state index is 12.9. The van der Waals surface area contributed by atoms with Gasteiger partial charge in [-0.3, -0.25) is 0 Å². The van der Waals surface area contributed by atoms with Crippen molar-refractivity contribution in [1.29, 1.82) is 0 Å². The van der Waals surface area contributed by atoms with Crippen LogP contribution in [0.3, 0.4) is 0 Å². The Labute approximate surface area is 122 Å². The Hall–Kier alpha value is -2.31. The molecule has 1 saturated heterocycles. The molecule has 3 rings (SSSR count). The summed E-state index contributed by atoms with van der Waals surface area (Å²) in [5.74, 6) is 0.0890. The van der Waals surface area contributed by atoms with Crippen molar-refractivity contribution in [3.8, 4) is 6.01 Å². The van der Waals surface area contributed by atoms with Gasteiger partial charge in [-0.1, -0.05) is 0 Å². The van der Waals surface area contributed by atoms with Crippen LogP contribution in [0.25, 0.3) is 0 Å². The van der Waals surface area contributed by atoms with Crippen molar-refractivity contribution < 1.29 is 9.13 Å². The highest BCUT2D eigenvalue weighted by Gasteiger charge is 2.23. The van der Waals surface area contributed by atoms with Crippen molar-refractivity contribution in [1.82, 2.24) is 19.9 Å². The highest BCUT2D eigenvalue weighted by atomic mass is 19.1. The molecule has 0 aliphatic carbocycles. The Balaban J connectivity index is 1.65. The third-order valence-corrected chi connectivity index (χ3v) is 3.30. The van der Waals surface area contributed by atoms with Crippen molar-refractivity contribution in [2.45, 2.75) is 25.9 Å². The van der Waals surface area contributed by atoms with Crippen molar-refractivity contribution in [2.75, 3.05) is 18.0 Å². The van der Waals surface area contributed by atoms with Gasteiger partial charge in [-0.15, -0.1) is 0 Å². The summed E-state index contributed by atoms with van der Waals surface area (Å²) in [6.07, 6.45) is 7.67. The molecule has 0 aromatic carbocycles. The molecule has 0 N–H and O–H groups in total. The van der Waals surface area contributed by atoms with E-state index in [-0.39, 0.29) is 6.10 Å². The summed E-state index contributed by atoms with van der Waals surface area (Å²) < 4.78 is 18.7. The van der Waals surface area contributed by atoms with Crippen LogP contribution in [0.1, 0.15) is 18.4 Å². The van der Waals surface area contributed by atoms with Crippen LogP contribution in [0.4, 0.5) is 10.3 Å². The molecule has 7 heteroatoms. The summed E-state index contributed by atoms with van der Waals surface area (Å²) in [5, 5.41) is 0. The van der Waals surface area contributed by atoms with E-state index in [0.29, 0.717) is 18.5 Å². The molecule has 21 heavy (non-hydrogen) atoms. The average Bonchev–Trinajstić information content (AvgIpc) is 2.51. The quantitative estimate of drug-likeness (QED) is 0.858. The number of nitrogens with zero attached hydrogens (tertiary/aromatic N) is 5. The lowest BCUT2D eigenvalue weighted by atomic mass is 10.1. The largest absolute Gasteiger partial charge is 0.458 e. The van der Waals surface area contributed by atoms with Gasteiger partial charge in [-0.2, -0.15) is 0 Å². The van der Waals surface area contributed by atoms with E-state index in [4.69, 9.17) is 4.74 Å². The maximum atomic E-state index is 12.9. The monoisotopic (exact) mass is 289 g/mol. The Morgan fingerprint density at radius 1 is 1.14 bits per heavy atom. The molecule has 2 aromatic heterocycles. The summed E-state index contributed by atoms with van der Waals surface area (Å²) in [6, 6.07) is 0.382. The number of hydrogen-bond donors (Lipinski definition) is 0. The molecule has 110 valence electrons. The molecule has 0 radical (unpaired) electrons. The number of piperidine rings is 1. The maximum Gasteiger partial charge on any atom is 0.316 e. The first-order valence-electron chi connectivity index (χ1n) is 6.88. The first-order chi connectivity index (χ1) is 10.2. The molecular formula is C14H16FN5O. The van der Waals surface area contributed by atoms with Crippen molar-refractivity contribution >= 4 is 5.95 Å². The normalized spacial score (nSPS) is 18.6. The van der Waals surface area contributed by atoms with E-state index in [1.807, 2.05) is 11.8 Å². The van der Waals surface area contributed by atoms with Crippen molar-refractivity contribution in [3.05, 3.63) is 36.2 Å². The van der Waals surface area contributed by atoms with Crippen LogP contribution in [-0.4, -0.2) is 39.1 Å². The lowest BCUT2D eigenvalue weighted by molar-refractivity contribution is 0.164. The summed E-state index contributed by atoms with van der Waals surface area (Å²) in [4.78, 5) is 18.3. The van der Waals surface area contributed by atoms with Gasteiger partial charge in [0.2, 0.25) is 5.95 Å². The minimum Gasteiger partial charge on any atom is -0.458 e. The van der Waals surface area contributed by atoms with Crippen LogP contribution < -0.4 is 9.64 Å². The van der Waals surface area contributed by atoms with E-state index in [9.17, 15) is 4.39 Å². The number of aryl methyl sites for hydroxylation is 1. The average molecular weight is 289 g/mol. The minimum absolute atomic E-state index is 0.0184. The molecule has 2 aromatic rings. The smallest absolute Gasteiger partial charge is 0.316 e. The Bertz CT molecular complexity index is 589. The highest BCUT2D eigenvalue weighted by Crippen LogP contribution is 2.18. The molecule has 3 heterocycles. The Morgan fingerprint density at radius 2 is 1.86 bits per heavy atom. The Morgan fingerprint density at radius 3 is 2.57 bits per heavy atom. The van der Waals surface area contributed by atoms with E-state index >= 15 is 0 Å². The first-order valence-corrected chi connectivity index (χ1v) is 6.88. The van der Waals surface area contributed by atoms with Gasteiger partial charge in [-0.05, 0) is 25.3 Å². The fourth-order valence-electron chi connectivity index (χ4n) is 2.28. The van der Waals surface area contributed by atoms with Crippen LogP contribution in [0.2, 0.25) is 0 Å². The van der Waals surface area contributed by atoms with Gasteiger partial charge in [0.1, 0.15) is 6.10 Å². The number of aromatic nitrogens is 4. The topological polar surface area (TPSA) is 64.0 Å². The van der Waals surface area contributed by atoms with Crippen LogP contribution in [0.5, 0.6) is 6.01 Å². The van der Waals surface area contributed by atoms with E-state index in [2.05, 4.69) is 19.9 Å². The molecule has 0 spiro atoms. The molecule has 1 unspecified atom stereocenters. The van der Waals surface area contributed by atoms with E-state index < -0.39 is 5.82 Å². The van der Waals surface area contributed by atoms with Crippen LogP contribution in [0, 0.1) is 12.7 Å². The van der Waals surface area contributed by atoms with Crippen molar-refractivity contribution in [2.24, 2.45) is 0 Å². The number of hydrogen-bond acceptors (Lipinski definition) is 6. The fraction of sp³-hybridized carbons (Fsp3) is 0.429. The minimum atomic E-state index is -0.434. The summed E-state index contributed by atoms with van der Waals surface area (Å²) >= 11 is 0. The molecular weight excluding hydrogens is 273 g/mol. The van der Waals surface area contributed by atoms with Gasteiger partial charge < -0.3 is 9.64 Å². The van der Waals surface area contributed by atoms with Gasteiger partial charge in [0.15, 0.2) is 5.82 Å². The van der Waals surface area contributed by atoms with Gasteiger partial charge in [-0.25, -0.2) is 24.3 Å². The molecule has 1 fully saturated rings. The summed E-state index contributed by atoms with van der Waals surface area (Å²) in [6.45, 7) is 3.40. The van der Waals surface area contributed by atoms with Crippen LogP contribution in [-0.2, 0) is 0 Å². The molecule has 0 bridgehead atoms. The molecule has 1 aliphatic heterocycles. The molecule has 1 aliphatic rings. The van der Waals surface area contributed by atoms with Crippen LogP contribution in [0.15, 0.2) is 24.8 Å². The third kappa shape index (κ3) is 3.42. The van der Waals surface area contributed by atoms with E-state index in [0.717, 1.165) is 24.9 Å². The zero-order chi connectivity index (χ0) is 14.7.